The predicted octanol–water partition coefficient (Wildman–Crippen LogP) is -1.20. The van der Waals surface area contributed by atoms with Crippen LogP contribution in [0.1, 0.15) is 12.8 Å². The molecule has 1 amide bonds. The van der Waals surface area contributed by atoms with Crippen molar-refractivity contribution in [1.29, 1.82) is 10.7 Å². The summed E-state index contributed by atoms with van der Waals surface area (Å²) < 4.78 is 0. The molecule has 1 fully saturated rings. The van der Waals surface area contributed by atoms with Crippen molar-refractivity contribution in [2.45, 2.75) is 12.8 Å². The second kappa shape index (κ2) is 2.70. The zero-order valence-electron chi connectivity index (χ0n) is 6.35. The fourth-order valence-electron chi connectivity index (χ4n) is 0.758. The Morgan fingerprint density at radius 2 is 2.17 bits per heavy atom. The number of carbonyl (C=O) groups excluding carboxylic acids is 1. The molecule has 1 aliphatic carbocycles. The van der Waals surface area contributed by atoms with Crippen molar-refractivity contribution in [3.63, 3.8) is 0 Å². The van der Waals surface area contributed by atoms with Gasteiger partial charge in [-0.05, 0) is 12.8 Å². The quantitative estimate of drug-likeness (QED) is 0.223. The summed E-state index contributed by atoms with van der Waals surface area (Å²) in [6.07, 6.45) is 1.16. The van der Waals surface area contributed by atoms with E-state index in [1.165, 1.54) is 0 Å². The first kappa shape index (κ1) is 8.33. The van der Waals surface area contributed by atoms with Gasteiger partial charge in [-0.1, -0.05) is 0 Å². The van der Waals surface area contributed by atoms with Crippen molar-refractivity contribution in [3.8, 4) is 6.07 Å². The van der Waals surface area contributed by atoms with Crippen LogP contribution >= 0.6 is 0 Å². The van der Waals surface area contributed by atoms with E-state index < -0.39 is 11.3 Å². The fourth-order valence-corrected chi connectivity index (χ4v) is 0.758. The van der Waals surface area contributed by atoms with E-state index in [1.54, 1.807) is 0 Å². The Bertz CT molecular complexity index is 262. The van der Waals surface area contributed by atoms with E-state index in [0.29, 0.717) is 12.8 Å². The van der Waals surface area contributed by atoms with Crippen LogP contribution in [0, 0.1) is 22.2 Å². The molecule has 0 unspecified atom stereocenters. The average Bonchev–Trinajstić information content (AvgIpc) is 2.80. The van der Waals surface area contributed by atoms with Gasteiger partial charge in [-0.25, -0.2) is 0 Å². The van der Waals surface area contributed by atoms with Crippen LogP contribution in [0.5, 0.6) is 0 Å². The highest BCUT2D eigenvalue weighted by atomic mass is 16.2. The van der Waals surface area contributed by atoms with Crippen LogP contribution < -0.4 is 16.6 Å². The summed E-state index contributed by atoms with van der Waals surface area (Å²) in [5, 5.41) is 15.3. The summed E-state index contributed by atoms with van der Waals surface area (Å²) in [6.45, 7) is 0. The first-order valence-corrected chi connectivity index (χ1v) is 3.42. The Kier molecular flexibility index (Phi) is 1.87. The third kappa shape index (κ3) is 1.45. The van der Waals surface area contributed by atoms with Crippen LogP contribution in [-0.4, -0.2) is 11.9 Å². The van der Waals surface area contributed by atoms with E-state index in [-0.39, 0.29) is 5.96 Å². The van der Waals surface area contributed by atoms with E-state index >= 15 is 0 Å². The molecule has 1 saturated carbocycles. The van der Waals surface area contributed by atoms with Crippen LogP contribution in [0.25, 0.3) is 0 Å². The highest BCUT2D eigenvalue weighted by Gasteiger charge is 2.50. The highest BCUT2D eigenvalue weighted by molar-refractivity contribution is 5.89. The van der Waals surface area contributed by atoms with Gasteiger partial charge in [0.15, 0.2) is 0 Å². The van der Waals surface area contributed by atoms with Gasteiger partial charge >= 0.3 is 0 Å². The number of amides is 1. The molecule has 64 valence electrons. The molecular formula is C6H9N5O. The van der Waals surface area contributed by atoms with Gasteiger partial charge in [0.2, 0.25) is 5.96 Å². The second-order valence-corrected chi connectivity index (χ2v) is 2.69. The van der Waals surface area contributed by atoms with Gasteiger partial charge in [-0.2, -0.15) is 5.26 Å². The van der Waals surface area contributed by atoms with Crippen LogP contribution in [0.15, 0.2) is 0 Å². The third-order valence-corrected chi connectivity index (χ3v) is 1.71. The fraction of sp³-hybridized carbons (Fsp3) is 0.500. The van der Waals surface area contributed by atoms with Crippen LogP contribution in [-0.2, 0) is 4.79 Å². The molecule has 6 nitrogen and oxygen atoms in total. The minimum absolute atomic E-state index is 0.350. The summed E-state index contributed by atoms with van der Waals surface area (Å²) in [5.74, 6) is -0.766. The number of hydrazine groups is 1. The first-order valence-electron chi connectivity index (χ1n) is 3.42. The SMILES string of the molecule is N#CC1(C(=O)NNC(=N)N)CC1. The lowest BCUT2D eigenvalue weighted by Crippen LogP contribution is -2.47. The Balaban J connectivity index is 2.40. The van der Waals surface area contributed by atoms with E-state index in [4.69, 9.17) is 16.4 Å². The summed E-state index contributed by atoms with van der Waals surface area (Å²) in [6, 6.07) is 1.91. The number of rotatable bonds is 1. The summed E-state index contributed by atoms with van der Waals surface area (Å²) in [4.78, 5) is 11.1. The van der Waals surface area contributed by atoms with Gasteiger partial charge < -0.3 is 5.73 Å². The third-order valence-electron chi connectivity index (χ3n) is 1.71. The molecule has 0 bridgehead atoms. The molecule has 0 heterocycles. The average molecular weight is 167 g/mol. The lowest BCUT2D eigenvalue weighted by molar-refractivity contribution is -0.125. The molecule has 0 radical (unpaired) electrons. The zero-order chi connectivity index (χ0) is 9.19. The zero-order valence-corrected chi connectivity index (χ0v) is 6.35. The monoisotopic (exact) mass is 167 g/mol. The highest BCUT2D eigenvalue weighted by Crippen LogP contribution is 2.44. The number of hydrogen-bond donors (Lipinski definition) is 4. The van der Waals surface area contributed by atoms with Gasteiger partial charge in [0.25, 0.3) is 5.91 Å². The normalized spacial score (nSPS) is 17.2. The number of guanidine groups is 1. The maximum absolute atomic E-state index is 11.1. The van der Waals surface area contributed by atoms with E-state index in [1.807, 2.05) is 6.07 Å². The molecule has 0 aromatic rings. The summed E-state index contributed by atoms with van der Waals surface area (Å²) in [5.41, 5.74) is 8.36. The molecule has 0 atom stereocenters. The Hall–Kier alpha value is -1.77. The topological polar surface area (TPSA) is 115 Å². The van der Waals surface area contributed by atoms with Crippen LogP contribution in [0.2, 0.25) is 0 Å². The van der Waals surface area contributed by atoms with E-state index in [0.717, 1.165) is 0 Å². The van der Waals surface area contributed by atoms with E-state index in [2.05, 4.69) is 10.9 Å². The van der Waals surface area contributed by atoms with Crippen LogP contribution in [0.3, 0.4) is 0 Å². The largest absolute Gasteiger partial charge is 0.369 e. The number of nitriles is 1. The number of nitrogens with two attached hydrogens (primary N) is 1. The van der Waals surface area contributed by atoms with Crippen LogP contribution in [0.4, 0.5) is 0 Å². The van der Waals surface area contributed by atoms with Gasteiger partial charge in [-0.3, -0.25) is 21.1 Å². The molecule has 12 heavy (non-hydrogen) atoms. The maximum atomic E-state index is 11.1. The first-order chi connectivity index (χ1) is 5.60. The second-order valence-electron chi connectivity index (χ2n) is 2.69. The van der Waals surface area contributed by atoms with Crippen molar-refractivity contribution in [1.82, 2.24) is 10.9 Å². The van der Waals surface area contributed by atoms with Gasteiger partial charge in [-0.15, -0.1) is 0 Å². The molecule has 0 aromatic carbocycles. The summed E-state index contributed by atoms with van der Waals surface area (Å²) >= 11 is 0. The number of nitrogens with one attached hydrogen (secondary N) is 3. The Morgan fingerprint density at radius 3 is 2.50 bits per heavy atom. The molecule has 0 spiro atoms. The lowest BCUT2D eigenvalue weighted by Gasteiger charge is -2.07. The Morgan fingerprint density at radius 1 is 1.58 bits per heavy atom. The molecule has 0 saturated heterocycles. The van der Waals surface area contributed by atoms with Crippen molar-refractivity contribution in [2.75, 3.05) is 0 Å². The maximum Gasteiger partial charge on any atom is 0.258 e. The minimum atomic E-state index is -0.873. The van der Waals surface area contributed by atoms with Crippen molar-refractivity contribution in [2.24, 2.45) is 11.1 Å². The molecule has 6 heteroatoms. The molecule has 5 N–H and O–H groups in total. The summed E-state index contributed by atoms with van der Waals surface area (Å²) in [7, 11) is 0. The van der Waals surface area contributed by atoms with Gasteiger partial charge in [0, 0.05) is 0 Å². The molecule has 0 aliphatic heterocycles. The van der Waals surface area contributed by atoms with Gasteiger partial charge in [0.05, 0.1) is 6.07 Å². The number of carbonyl (C=O) groups is 1. The predicted molar refractivity (Wildman–Crippen MR) is 40.5 cm³/mol. The number of nitrogens with zero attached hydrogens (tertiary/aromatic N) is 1. The standard InChI is InChI=1S/C6H9N5O/c7-3-6(1-2-6)4(12)10-11-5(8)9/h1-2H2,(H,10,12)(H4,8,9,11). The Labute approximate surface area is 69.2 Å². The molecular weight excluding hydrogens is 158 g/mol. The minimum Gasteiger partial charge on any atom is -0.369 e. The van der Waals surface area contributed by atoms with Gasteiger partial charge in [0.1, 0.15) is 5.41 Å². The van der Waals surface area contributed by atoms with E-state index in [9.17, 15) is 4.79 Å². The molecule has 1 rings (SSSR count). The molecule has 0 aromatic heterocycles. The van der Waals surface area contributed by atoms with Crippen molar-refractivity contribution in [3.05, 3.63) is 0 Å². The van der Waals surface area contributed by atoms with Crippen molar-refractivity contribution >= 4 is 11.9 Å². The molecule has 1 aliphatic rings. The smallest absolute Gasteiger partial charge is 0.258 e. The number of hydrogen-bond acceptors (Lipinski definition) is 3. The lowest BCUT2D eigenvalue weighted by atomic mass is 10.1. The van der Waals surface area contributed by atoms with Crippen molar-refractivity contribution < 1.29 is 4.79 Å².